The van der Waals surface area contributed by atoms with Crippen molar-refractivity contribution in [2.24, 2.45) is 0 Å². The average Bonchev–Trinajstić information content (AvgIpc) is 2.98. The molecule has 144 valence electrons. The number of hydrogen-bond donors (Lipinski definition) is 1. The van der Waals surface area contributed by atoms with Crippen molar-refractivity contribution in [2.45, 2.75) is 32.9 Å². The minimum atomic E-state index is -3.05. The van der Waals surface area contributed by atoms with Crippen LogP contribution < -0.4 is 5.32 Å². The highest BCUT2D eigenvalue weighted by atomic mass is 32.2. The molecule has 3 rings (SSSR count). The van der Waals surface area contributed by atoms with Crippen LogP contribution in [0.1, 0.15) is 33.7 Å². The van der Waals surface area contributed by atoms with E-state index >= 15 is 0 Å². The fraction of sp³-hybridized carbons (Fsp3) is 0.421. The first-order valence-corrected chi connectivity index (χ1v) is 10.7. The summed E-state index contributed by atoms with van der Waals surface area (Å²) in [5.41, 5.74) is 3.21. The molecule has 1 amide bonds. The van der Waals surface area contributed by atoms with E-state index in [9.17, 15) is 13.2 Å². The van der Waals surface area contributed by atoms with Crippen molar-refractivity contribution in [1.29, 1.82) is 0 Å². The van der Waals surface area contributed by atoms with E-state index in [0.29, 0.717) is 24.6 Å². The minimum absolute atomic E-state index is 0.0117. The van der Waals surface area contributed by atoms with Gasteiger partial charge in [0.25, 0.3) is 5.91 Å². The van der Waals surface area contributed by atoms with E-state index in [4.69, 9.17) is 0 Å². The van der Waals surface area contributed by atoms with E-state index in [1.165, 1.54) is 10.5 Å². The lowest BCUT2D eigenvalue weighted by molar-refractivity contribution is 0.0741. The fourth-order valence-corrected chi connectivity index (χ4v) is 4.96. The van der Waals surface area contributed by atoms with Gasteiger partial charge in [0.2, 0.25) is 5.95 Å². The van der Waals surface area contributed by atoms with Crippen molar-refractivity contribution < 1.29 is 13.2 Å². The van der Waals surface area contributed by atoms with Gasteiger partial charge in [-0.05, 0) is 31.9 Å². The van der Waals surface area contributed by atoms with E-state index in [1.54, 1.807) is 20.0 Å². The molecule has 0 saturated carbocycles. The third-order valence-electron chi connectivity index (χ3n) is 4.68. The summed E-state index contributed by atoms with van der Waals surface area (Å²) in [6, 6.07) is 9.42. The van der Waals surface area contributed by atoms with Gasteiger partial charge in [0, 0.05) is 25.3 Å². The van der Waals surface area contributed by atoms with E-state index in [2.05, 4.69) is 21.4 Å². The maximum atomic E-state index is 12.8. The SMILES string of the molecule is Cc1cccc(CNc2nc(C)cc(C(=O)N(C)C3CCS(=O)(=O)C3)n2)c1. The van der Waals surface area contributed by atoms with Crippen LogP contribution in [0.3, 0.4) is 0 Å². The zero-order valence-corrected chi connectivity index (χ0v) is 16.6. The Morgan fingerprint density at radius 3 is 2.70 bits per heavy atom. The Bertz CT molecular complexity index is 959. The third-order valence-corrected chi connectivity index (χ3v) is 6.43. The first-order valence-electron chi connectivity index (χ1n) is 8.86. The number of hydrogen-bond acceptors (Lipinski definition) is 6. The Labute approximate surface area is 159 Å². The molecule has 0 bridgehead atoms. The normalized spacial score (nSPS) is 18.3. The molecule has 1 atom stereocenters. The highest BCUT2D eigenvalue weighted by Crippen LogP contribution is 2.19. The fourth-order valence-electron chi connectivity index (χ4n) is 3.19. The molecular formula is C19H24N4O3S. The predicted molar refractivity (Wildman–Crippen MR) is 104 cm³/mol. The lowest BCUT2D eigenvalue weighted by atomic mass is 10.1. The van der Waals surface area contributed by atoms with Crippen molar-refractivity contribution >= 4 is 21.7 Å². The molecule has 0 aliphatic carbocycles. The van der Waals surface area contributed by atoms with Crippen molar-refractivity contribution in [3.63, 3.8) is 0 Å². The van der Waals surface area contributed by atoms with Gasteiger partial charge in [-0.25, -0.2) is 18.4 Å². The molecule has 1 aromatic carbocycles. The second-order valence-electron chi connectivity index (χ2n) is 7.03. The van der Waals surface area contributed by atoms with Crippen LogP contribution in [0.25, 0.3) is 0 Å². The van der Waals surface area contributed by atoms with Crippen molar-refractivity contribution in [3.05, 3.63) is 52.8 Å². The smallest absolute Gasteiger partial charge is 0.272 e. The molecule has 1 aliphatic rings. The first kappa shape index (κ1) is 19.3. The zero-order chi connectivity index (χ0) is 19.6. The van der Waals surface area contributed by atoms with Crippen LogP contribution in [-0.2, 0) is 16.4 Å². The summed E-state index contributed by atoms with van der Waals surface area (Å²) in [7, 11) is -1.42. The van der Waals surface area contributed by atoms with Crippen molar-refractivity contribution in [1.82, 2.24) is 14.9 Å². The molecule has 1 aliphatic heterocycles. The lowest BCUT2D eigenvalue weighted by Gasteiger charge is -2.23. The Hall–Kier alpha value is -2.48. The van der Waals surface area contributed by atoms with Gasteiger partial charge in [-0.1, -0.05) is 29.8 Å². The molecule has 1 fully saturated rings. The van der Waals surface area contributed by atoms with Crippen LogP contribution in [0.2, 0.25) is 0 Å². The van der Waals surface area contributed by atoms with Gasteiger partial charge in [-0.3, -0.25) is 4.79 Å². The van der Waals surface area contributed by atoms with Crippen LogP contribution in [0, 0.1) is 13.8 Å². The molecule has 0 spiro atoms. The Morgan fingerprint density at radius 1 is 1.26 bits per heavy atom. The number of aryl methyl sites for hydroxylation is 2. The van der Waals surface area contributed by atoms with Gasteiger partial charge in [0.05, 0.1) is 11.5 Å². The van der Waals surface area contributed by atoms with E-state index < -0.39 is 9.84 Å². The van der Waals surface area contributed by atoms with E-state index in [-0.39, 0.29) is 29.1 Å². The maximum Gasteiger partial charge on any atom is 0.272 e. The number of amides is 1. The number of aromatic nitrogens is 2. The monoisotopic (exact) mass is 388 g/mol. The topological polar surface area (TPSA) is 92.3 Å². The number of nitrogens with zero attached hydrogens (tertiary/aromatic N) is 3. The highest BCUT2D eigenvalue weighted by molar-refractivity contribution is 7.91. The molecule has 8 heteroatoms. The maximum absolute atomic E-state index is 12.8. The zero-order valence-electron chi connectivity index (χ0n) is 15.8. The second-order valence-corrected chi connectivity index (χ2v) is 9.26. The molecule has 1 aromatic heterocycles. The summed E-state index contributed by atoms with van der Waals surface area (Å²) >= 11 is 0. The number of nitrogens with one attached hydrogen (secondary N) is 1. The van der Waals surface area contributed by atoms with E-state index in [0.717, 1.165) is 5.56 Å². The first-order chi connectivity index (χ1) is 12.7. The van der Waals surface area contributed by atoms with Crippen LogP contribution in [-0.4, -0.2) is 53.8 Å². The van der Waals surface area contributed by atoms with Crippen molar-refractivity contribution in [2.75, 3.05) is 23.9 Å². The third kappa shape index (κ3) is 4.82. The Morgan fingerprint density at radius 2 is 2.04 bits per heavy atom. The number of carbonyl (C=O) groups is 1. The summed E-state index contributed by atoms with van der Waals surface area (Å²) in [4.78, 5) is 22.9. The van der Waals surface area contributed by atoms with Gasteiger partial charge in [-0.2, -0.15) is 0 Å². The summed E-state index contributed by atoms with van der Waals surface area (Å²) < 4.78 is 23.4. The largest absolute Gasteiger partial charge is 0.350 e. The van der Waals surface area contributed by atoms with E-state index in [1.807, 2.05) is 25.1 Å². The summed E-state index contributed by atoms with van der Waals surface area (Å²) in [5.74, 6) is 0.229. The molecule has 2 aromatic rings. The molecule has 1 N–H and O–H groups in total. The number of anilines is 1. The molecular weight excluding hydrogens is 364 g/mol. The highest BCUT2D eigenvalue weighted by Gasteiger charge is 2.33. The second kappa shape index (κ2) is 7.64. The quantitative estimate of drug-likeness (QED) is 0.842. The molecule has 2 heterocycles. The molecule has 27 heavy (non-hydrogen) atoms. The number of benzene rings is 1. The minimum Gasteiger partial charge on any atom is -0.350 e. The van der Waals surface area contributed by atoms with Crippen molar-refractivity contribution in [3.8, 4) is 0 Å². The lowest BCUT2D eigenvalue weighted by Crippen LogP contribution is -2.38. The number of rotatable bonds is 5. The van der Waals surface area contributed by atoms with Gasteiger partial charge < -0.3 is 10.2 Å². The van der Waals surface area contributed by atoms with Gasteiger partial charge in [-0.15, -0.1) is 0 Å². The Kier molecular flexibility index (Phi) is 5.46. The number of carbonyl (C=O) groups excluding carboxylic acids is 1. The van der Waals surface area contributed by atoms with Crippen LogP contribution in [0.15, 0.2) is 30.3 Å². The average molecular weight is 388 g/mol. The van der Waals surface area contributed by atoms with Crippen LogP contribution in [0.4, 0.5) is 5.95 Å². The molecule has 0 radical (unpaired) electrons. The Balaban J connectivity index is 1.73. The standard InChI is InChI=1S/C19H24N4O3S/c1-13-5-4-6-15(9-13)11-20-19-21-14(2)10-17(22-19)18(24)23(3)16-7-8-27(25,26)12-16/h4-6,9-10,16H,7-8,11-12H2,1-3H3,(H,20,21,22). The van der Waals surface area contributed by atoms with Crippen LogP contribution >= 0.6 is 0 Å². The molecule has 1 saturated heterocycles. The van der Waals surface area contributed by atoms with Gasteiger partial charge >= 0.3 is 0 Å². The van der Waals surface area contributed by atoms with Crippen LogP contribution in [0.5, 0.6) is 0 Å². The summed E-state index contributed by atoms with van der Waals surface area (Å²) in [5, 5.41) is 3.16. The summed E-state index contributed by atoms with van der Waals surface area (Å²) in [6.07, 6.45) is 0.465. The predicted octanol–water partition coefficient (Wildman–Crippen LogP) is 1.96. The van der Waals surface area contributed by atoms with Gasteiger partial charge in [0.15, 0.2) is 9.84 Å². The summed E-state index contributed by atoms with van der Waals surface area (Å²) in [6.45, 7) is 4.38. The van der Waals surface area contributed by atoms with Gasteiger partial charge in [0.1, 0.15) is 5.69 Å². The number of sulfone groups is 1. The molecule has 7 nitrogen and oxygen atoms in total. The molecule has 1 unspecified atom stereocenters.